The molecule has 3 heterocycles. The van der Waals surface area contributed by atoms with Crippen LogP contribution in [0.15, 0.2) is 53.4 Å². The number of benzene rings is 2. The summed E-state index contributed by atoms with van der Waals surface area (Å²) in [6.45, 7) is 7.33. The highest BCUT2D eigenvalue weighted by Gasteiger charge is 2.31. The fraction of sp³-hybridized carbons (Fsp3) is 0.345. The van der Waals surface area contributed by atoms with E-state index in [9.17, 15) is 22.8 Å². The Morgan fingerprint density at radius 2 is 1.66 bits per heavy atom. The van der Waals surface area contributed by atoms with Gasteiger partial charge >= 0.3 is 0 Å². The van der Waals surface area contributed by atoms with Gasteiger partial charge in [0.15, 0.2) is 0 Å². The van der Waals surface area contributed by atoms with Gasteiger partial charge in [-0.1, -0.05) is 18.2 Å². The van der Waals surface area contributed by atoms with Gasteiger partial charge in [-0.3, -0.25) is 34.4 Å². The number of carbonyl (C=O) groups excluding carboxylic acids is 3. The standard InChI is InChI=1S/C29H33N5O5S2/c1-18(2)33-16-14-23-25(17-33)40-29(26(23)28(37)32-31-19(3)35)30-27(36)21-10-12-22(13-11-21)41(38,39)34-15-6-8-20-7-4-5-9-24(20)34/h4-5,7,9-13,18H,6,8,14-17H2,1-3H3,(H,30,36)(H,31,35)(H,32,37). The molecule has 2 aromatic carbocycles. The topological polar surface area (TPSA) is 128 Å². The fourth-order valence-electron chi connectivity index (χ4n) is 5.23. The predicted molar refractivity (Wildman–Crippen MR) is 159 cm³/mol. The largest absolute Gasteiger partial charge is 0.313 e. The number of thiophene rings is 1. The van der Waals surface area contributed by atoms with Crippen LogP contribution in [0.4, 0.5) is 10.7 Å². The zero-order valence-electron chi connectivity index (χ0n) is 23.2. The van der Waals surface area contributed by atoms with E-state index in [2.05, 4.69) is 34.9 Å². The van der Waals surface area contributed by atoms with Gasteiger partial charge in [0.2, 0.25) is 5.91 Å². The normalized spacial score (nSPS) is 15.2. The summed E-state index contributed by atoms with van der Waals surface area (Å²) in [6.07, 6.45) is 2.19. The van der Waals surface area contributed by atoms with Crippen LogP contribution >= 0.6 is 11.3 Å². The van der Waals surface area contributed by atoms with Crippen molar-refractivity contribution in [1.82, 2.24) is 15.8 Å². The third kappa shape index (κ3) is 5.85. The van der Waals surface area contributed by atoms with Gasteiger partial charge in [-0.05, 0) is 74.6 Å². The second-order valence-electron chi connectivity index (χ2n) is 10.4. The van der Waals surface area contributed by atoms with Crippen molar-refractivity contribution in [2.75, 3.05) is 22.7 Å². The van der Waals surface area contributed by atoms with Gasteiger partial charge in [-0.15, -0.1) is 11.3 Å². The lowest BCUT2D eigenvalue weighted by Gasteiger charge is -2.30. The van der Waals surface area contributed by atoms with Crippen molar-refractivity contribution in [3.05, 3.63) is 75.7 Å². The van der Waals surface area contributed by atoms with E-state index in [0.717, 1.165) is 35.4 Å². The first-order chi connectivity index (χ1) is 19.6. The Bertz CT molecular complexity index is 1600. The summed E-state index contributed by atoms with van der Waals surface area (Å²) >= 11 is 1.34. The van der Waals surface area contributed by atoms with Crippen LogP contribution in [0.2, 0.25) is 0 Å². The summed E-state index contributed by atoms with van der Waals surface area (Å²) in [7, 11) is -3.81. The average molecular weight is 596 g/mol. The minimum atomic E-state index is -3.81. The van der Waals surface area contributed by atoms with Crippen molar-refractivity contribution in [2.24, 2.45) is 0 Å². The van der Waals surface area contributed by atoms with Crippen molar-refractivity contribution in [2.45, 2.75) is 57.5 Å². The lowest BCUT2D eigenvalue weighted by Crippen LogP contribution is -2.41. The number of para-hydroxylation sites is 1. The Balaban J connectivity index is 1.39. The molecule has 2 aliphatic rings. The number of nitrogens with one attached hydrogen (secondary N) is 3. The third-order valence-electron chi connectivity index (χ3n) is 7.40. The Kier molecular flexibility index (Phi) is 8.16. The lowest BCUT2D eigenvalue weighted by atomic mass is 10.0. The van der Waals surface area contributed by atoms with Crippen LogP contribution < -0.4 is 20.5 Å². The monoisotopic (exact) mass is 595 g/mol. The quantitative estimate of drug-likeness (QED) is 0.373. The molecule has 0 radical (unpaired) electrons. The third-order valence-corrected chi connectivity index (χ3v) is 10.4. The van der Waals surface area contributed by atoms with E-state index in [1.54, 1.807) is 0 Å². The molecule has 2 aliphatic heterocycles. The van der Waals surface area contributed by atoms with Crippen LogP contribution in [0.1, 0.15) is 63.9 Å². The second kappa shape index (κ2) is 11.6. The summed E-state index contributed by atoms with van der Waals surface area (Å²) in [4.78, 5) is 41.1. The van der Waals surface area contributed by atoms with E-state index >= 15 is 0 Å². The van der Waals surface area contributed by atoms with Gasteiger partial charge in [-0.25, -0.2) is 8.42 Å². The Morgan fingerprint density at radius 3 is 2.37 bits per heavy atom. The SMILES string of the molecule is CC(=O)NNC(=O)c1c(NC(=O)c2ccc(S(=O)(=O)N3CCCc4ccccc43)cc2)sc2c1CCN(C(C)C)C2. The molecule has 5 rings (SSSR count). The molecule has 10 nitrogen and oxygen atoms in total. The number of hydrazine groups is 1. The summed E-state index contributed by atoms with van der Waals surface area (Å²) < 4.78 is 28.4. The molecule has 3 aromatic rings. The lowest BCUT2D eigenvalue weighted by molar-refractivity contribution is -0.119. The molecule has 0 fully saturated rings. The molecule has 0 saturated heterocycles. The zero-order chi connectivity index (χ0) is 29.3. The van der Waals surface area contributed by atoms with Gasteiger partial charge in [0.1, 0.15) is 5.00 Å². The highest BCUT2D eigenvalue weighted by Crippen LogP contribution is 2.38. The number of aryl methyl sites for hydroxylation is 1. The van der Waals surface area contributed by atoms with E-state index in [1.807, 2.05) is 24.3 Å². The molecular formula is C29H33N5O5S2. The Hall–Kier alpha value is -3.74. The first-order valence-electron chi connectivity index (χ1n) is 13.5. The maximum Gasteiger partial charge on any atom is 0.272 e. The zero-order valence-corrected chi connectivity index (χ0v) is 24.8. The van der Waals surface area contributed by atoms with E-state index in [-0.39, 0.29) is 10.5 Å². The van der Waals surface area contributed by atoms with Gasteiger partial charge < -0.3 is 5.32 Å². The second-order valence-corrected chi connectivity index (χ2v) is 13.4. The predicted octanol–water partition coefficient (Wildman–Crippen LogP) is 3.69. The molecule has 0 bridgehead atoms. The van der Waals surface area contributed by atoms with Crippen molar-refractivity contribution in [1.29, 1.82) is 0 Å². The van der Waals surface area contributed by atoms with Crippen LogP contribution in [-0.2, 0) is 34.2 Å². The van der Waals surface area contributed by atoms with E-state index < -0.39 is 27.7 Å². The molecule has 0 saturated carbocycles. The van der Waals surface area contributed by atoms with Crippen molar-refractivity contribution in [3.63, 3.8) is 0 Å². The highest BCUT2D eigenvalue weighted by molar-refractivity contribution is 7.92. The average Bonchev–Trinajstić information content (AvgIpc) is 3.32. The van der Waals surface area contributed by atoms with Crippen LogP contribution in [0, 0.1) is 0 Å². The smallest absolute Gasteiger partial charge is 0.272 e. The molecule has 216 valence electrons. The minimum absolute atomic E-state index is 0.0986. The first-order valence-corrected chi connectivity index (χ1v) is 15.8. The molecule has 1 aromatic heterocycles. The summed E-state index contributed by atoms with van der Waals surface area (Å²) in [5, 5.41) is 3.24. The molecule has 12 heteroatoms. The van der Waals surface area contributed by atoms with Crippen LogP contribution in [0.5, 0.6) is 0 Å². The number of amides is 3. The number of nitrogens with zero attached hydrogens (tertiary/aromatic N) is 2. The number of anilines is 2. The van der Waals surface area contributed by atoms with Crippen LogP contribution in [0.25, 0.3) is 0 Å². The molecule has 0 aliphatic carbocycles. The summed E-state index contributed by atoms with van der Waals surface area (Å²) in [5.74, 6) is -1.39. The number of hydrogen-bond acceptors (Lipinski definition) is 7. The van der Waals surface area contributed by atoms with Crippen molar-refractivity contribution in [3.8, 4) is 0 Å². The summed E-state index contributed by atoms with van der Waals surface area (Å²) in [5.41, 5.74) is 7.85. The van der Waals surface area contributed by atoms with Gasteiger partial charge in [0.05, 0.1) is 16.1 Å². The van der Waals surface area contributed by atoms with Crippen molar-refractivity contribution >= 4 is 49.8 Å². The molecule has 3 N–H and O–H groups in total. The first kappa shape index (κ1) is 28.8. The van der Waals surface area contributed by atoms with Gasteiger partial charge in [0, 0.05) is 43.0 Å². The Labute approximate surface area is 243 Å². The van der Waals surface area contributed by atoms with E-state index in [4.69, 9.17) is 0 Å². The molecule has 0 unspecified atom stereocenters. The molecule has 41 heavy (non-hydrogen) atoms. The minimum Gasteiger partial charge on any atom is -0.313 e. The number of hydrogen-bond donors (Lipinski definition) is 3. The van der Waals surface area contributed by atoms with Crippen LogP contribution in [0.3, 0.4) is 0 Å². The van der Waals surface area contributed by atoms with E-state index in [1.165, 1.54) is 46.8 Å². The van der Waals surface area contributed by atoms with E-state index in [0.29, 0.717) is 41.8 Å². The molecule has 0 spiro atoms. The molecular weight excluding hydrogens is 562 g/mol. The maximum absolute atomic E-state index is 13.5. The number of fused-ring (bicyclic) bond motifs is 2. The molecule has 0 atom stereocenters. The summed E-state index contributed by atoms with van der Waals surface area (Å²) in [6, 6.07) is 13.6. The molecule has 3 amide bonds. The number of rotatable bonds is 6. The van der Waals surface area contributed by atoms with Gasteiger partial charge in [0.25, 0.3) is 21.8 Å². The maximum atomic E-state index is 13.5. The van der Waals surface area contributed by atoms with Crippen molar-refractivity contribution < 1.29 is 22.8 Å². The fourth-order valence-corrected chi connectivity index (χ4v) is 8.04. The van der Waals surface area contributed by atoms with Crippen LogP contribution in [-0.4, -0.2) is 50.2 Å². The highest BCUT2D eigenvalue weighted by atomic mass is 32.2. The number of sulfonamides is 1. The van der Waals surface area contributed by atoms with Gasteiger partial charge in [-0.2, -0.15) is 0 Å². The Morgan fingerprint density at radius 1 is 0.927 bits per heavy atom. The number of carbonyl (C=O) groups is 3.